The summed E-state index contributed by atoms with van der Waals surface area (Å²) < 4.78 is 0. The van der Waals surface area contributed by atoms with Gasteiger partial charge in [0.2, 0.25) is 11.8 Å². The highest BCUT2D eigenvalue weighted by molar-refractivity contribution is 6.06. The van der Waals surface area contributed by atoms with E-state index in [1.54, 1.807) is 18.2 Å². The van der Waals surface area contributed by atoms with Crippen LogP contribution in [0.4, 0.5) is 5.69 Å². The number of nitrogens with one attached hydrogen (secondary N) is 3. The Morgan fingerprint density at radius 1 is 1.40 bits per heavy atom. The Balaban J connectivity index is 2.12. The molecule has 1 aliphatic rings. The van der Waals surface area contributed by atoms with E-state index in [-0.39, 0.29) is 24.1 Å². The zero-order valence-corrected chi connectivity index (χ0v) is 11.4. The van der Waals surface area contributed by atoms with Crippen molar-refractivity contribution in [2.45, 2.75) is 26.3 Å². The third-order valence-corrected chi connectivity index (χ3v) is 3.12. The van der Waals surface area contributed by atoms with Gasteiger partial charge in [0.05, 0.1) is 6.42 Å². The zero-order chi connectivity index (χ0) is 14.7. The molecule has 6 nitrogen and oxygen atoms in total. The predicted molar refractivity (Wildman–Crippen MR) is 74.4 cm³/mol. The molecule has 3 N–H and O–H groups in total. The Kier molecular flexibility index (Phi) is 4.02. The third-order valence-electron chi connectivity index (χ3n) is 3.12. The molecule has 3 amide bonds. The van der Waals surface area contributed by atoms with Crippen molar-refractivity contribution in [2.75, 3.05) is 11.9 Å². The molecular formula is C14H17N3O3. The van der Waals surface area contributed by atoms with E-state index in [0.29, 0.717) is 12.1 Å². The summed E-state index contributed by atoms with van der Waals surface area (Å²) >= 11 is 0. The minimum absolute atomic E-state index is 0.129. The van der Waals surface area contributed by atoms with E-state index in [0.717, 1.165) is 11.3 Å². The standard InChI is InChI=1S/C14H17N3O3/c1-3-15-13(19)9-4-5-10(8(2)6-9)16-11-7-12(18)17-14(11)20/h4-6,11,16H,3,7H2,1-2H3,(H,15,19)(H,17,18,20). The highest BCUT2D eigenvalue weighted by Crippen LogP contribution is 2.19. The summed E-state index contributed by atoms with van der Waals surface area (Å²) in [6.45, 7) is 4.28. The maximum Gasteiger partial charge on any atom is 0.251 e. The molecule has 1 heterocycles. The van der Waals surface area contributed by atoms with Crippen LogP contribution in [0, 0.1) is 6.92 Å². The van der Waals surface area contributed by atoms with Gasteiger partial charge in [-0.1, -0.05) is 0 Å². The number of aryl methyl sites for hydroxylation is 1. The van der Waals surface area contributed by atoms with Crippen molar-refractivity contribution in [3.8, 4) is 0 Å². The Morgan fingerprint density at radius 2 is 2.15 bits per heavy atom. The molecule has 0 radical (unpaired) electrons. The molecule has 1 saturated heterocycles. The second kappa shape index (κ2) is 5.73. The van der Waals surface area contributed by atoms with Crippen LogP contribution in [-0.4, -0.2) is 30.3 Å². The number of imide groups is 1. The molecule has 2 rings (SSSR count). The zero-order valence-electron chi connectivity index (χ0n) is 11.4. The van der Waals surface area contributed by atoms with Crippen LogP contribution in [0.25, 0.3) is 0 Å². The van der Waals surface area contributed by atoms with E-state index >= 15 is 0 Å². The van der Waals surface area contributed by atoms with Crippen LogP contribution in [0.5, 0.6) is 0 Å². The Bertz CT molecular complexity index is 569. The first-order valence-electron chi connectivity index (χ1n) is 6.50. The first-order valence-corrected chi connectivity index (χ1v) is 6.50. The van der Waals surface area contributed by atoms with Gasteiger partial charge in [-0.05, 0) is 37.6 Å². The lowest BCUT2D eigenvalue weighted by Gasteiger charge is -2.14. The second-order valence-electron chi connectivity index (χ2n) is 4.70. The van der Waals surface area contributed by atoms with Crippen LogP contribution < -0.4 is 16.0 Å². The van der Waals surface area contributed by atoms with Crippen LogP contribution in [0.2, 0.25) is 0 Å². The summed E-state index contributed by atoms with van der Waals surface area (Å²) in [5, 5.41) is 8.00. The lowest BCUT2D eigenvalue weighted by molar-refractivity contribution is -0.124. The molecule has 20 heavy (non-hydrogen) atoms. The van der Waals surface area contributed by atoms with E-state index in [1.165, 1.54) is 0 Å². The topological polar surface area (TPSA) is 87.3 Å². The van der Waals surface area contributed by atoms with Gasteiger partial charge in [-0.25, -0.2) is 0 Å². The molecule has 1 aromatic rings. The van der Waals surface area contributed by atoms with E-state index in [2.05, 4.69) is 16.0 Å². The minimum atomic E-state index is -0.545. The van der Waals surface area contributed by atoms with Gasteiger partial charge >= 0.3 is 0 Å². The van der Waals surface area contributed by atoms with E-state index in [1.807, 2.05) is 13.8 Å². The Labute approximate surface area is 116 Å². The molecule has 1 fully saturated rings. The van der Waals surface area contributed by atoms with Gasteiger partial charge in [0.25, 0.3) is 5.91 Å². The van der Waals surface area contributed by atoms with Crippen LogP contribution in [0.3, 0.4) is 0 Å². The summed E-state index contributed by atoms with van der Waals surface area (Å²) in [5.41, 5.74) is 2.16. The highest BCUT2D eigenvalue weighted by atomic mass is 16.2. The average molecular weight is 275 g/mol. The molecule has 1 aromatic carbocycles. The number of anilines is 1. The summed E-state index contributed by atoms with van der Waals surface area (Å²) in [7, 11) is 0. The quantitative estimate of drug-likeness (QED) is 0.701. The molecule has 0 aromatic heterocycles. The number of carbonyl (C=O) groups excluding carboxylic acids is 3. The largest absolute Gasteiger partial charge is 0.373 e. The number of amides is 3. The Hall–Kier alpha value is -2.37. The predicted octanol–water partition coefficient (Wildman–Crippen LogP) is 0.572. The van der Waals surface area contributed by atoms with Crippen molar-refractivity contribution < 1.29 is 14.4 Å². The summed E-state index contributed by atoms with van der Waals surface area (Å²) in [4.78, 5) is 34.3. The lowest BCUT2D eigenvalue weighted by Crippen LogP contribution is -2.30. The molecule has 0 aliphatic carbocycles. The van der Waals surface area contributed by atoms with Crippen LogP contribution in [-0.2, 0) is 9.59 Å². The van der Waals surface area contributed by atoms with E-state index in [4.69, 9.17) is 0 Å². The number of hydrogen-bond donors (Lipinski definition) is 3. The highest BCUT2D eigenvalue weighted by Gasteiger charge is 2.30. The summed E-state index contributed by atoms with van der Waals surface area (Å²) in [6.07, 6.45) is 0.135. The molecule has 0 spiro atoms. The van der Waals surface area contributed by atoms with Crippen molar-refractivity contribution in [3.63, 3.8) is 0 Å². The van der Waals surface area contributed by atoms with Crippen molar-refractivity contribution in [2.24, 2.45) is 0 Å². The normalized spacial score (nSPS) is 17.8. The van der Waals surface area contributed by atoms with Gasteiger partial charge in [-0.2, -0.15) is 0 Å². The van der Waals surface area contributed by atoms with Crippen molar-refractivity contribution in [3.05, 3.63) is 29.3 Å². The SMILES string of the molecule is CCNC(=O)c1ccc(NC2CC(=O)NC2=O)c(C)c1. The van der Waals surface area contributed by atoms with Crippen molar-refractivity contribution in [1.29, 1.82) is 0 Å². The number of carbonyl (C=O) groups is 3. The maximum atomic E-state index is 11.7. The van der Waals surface area contributed by atoms with Gasteiger partial charge in [0.1, 0.15) is 6.04 Å². The lowest BCUT2D eigenvalue weighted by atomic mass is 10.1. The molecule has 0 bridgehead atoms. The van der Waals surface area contributed by atoms with Gasteiger partial charge < -0.3 is 10.6 Å². The van der Waals surface area contributed by atoms with Crippen molar-refractivity contribution in [1.82, 2.24) is 10.6 Å². The fourth-order valence-corrected chi connectivity index (χ4v) is 2.09. The van der Waals surface area contributed by atoms with Crippen LogP contribution in [0.15, 0.2) is 18.2 Å². The monoisotopic (exact) mass is 275 g/mol. The van der Waals surface area contributed by atoms with Gasteiger partial charge in [-0.3, -0.25) is 19.7 Å². The van der Waals surface area contributed by atoms with E-state index in [9.17, 15) is 14.4 Å². The first kappa shape index (κ1) is 14.0. The fraction of sp³-hybridized carbons (Fsp3) is 0.357. The summed E-state index contributed by atoms with van der Waals surface area (Å²) in [6, 6.07) is 4.64. The number of rotatable bonds is 4. The van der Waals surface area contributed by atoms with Gasteiger partial charge in [0.15, 0.2) is 0 Å². The van der Waals surface area contributed by atoms with Crippen LogP contribution in [0.1, 0.15) is 29.3 Å². The smallest absolute Gasteiger partial charge is 0.251 e. The first-order chi connectivity index (χ1) is 9.51. The molecule has 1 aliphatic heterocycles. The molecule has 0 saturated carbocycles. The summed E-state index contributed by atoms with van der Waals surface area (Å²) in [5.74, 6) is -0.720. The average Bonchev–Trinajstić information content (AvgIpc) is 2.70. The third kappa shape index (κ3) is 2.96. The number of benzene rings is 1. The fourth-order valence-electron chi connectivity index (χ4n) is 2.09. The van der Waals surface area contributed by atoms with Crippen LogP contribution >= 0.6 is 0 Å². The second-order valence-corrected chi connectivity index (χ2v) is 4.70. The number of hydrogen-bond acceptors (Lipinski definition) is 4. The molecule has 1 unspecified atom stereocenters. The molecular weight excluding hydrogens is 258 g/mol. The Morgan fingerprint density at radius 3 is 2.70 bits per heavy atom. The molecule has 6 heteroatoms. The molecule has 106 valence electrons. The van der Waals surface area contributed by atoms with Gasteiger partial charge in [0, 0.05) is 17.8 Å². The maximum absolute atomic E-state index is 11.7. The van der Waals surface area contributed by atoms with Crippen molar-refractivity contribution >= 4 is 23.4 Å². The van der Waals surface area contributed by atoms with E-state index < -0.39 is 6.04 Å². The minimum Gasteiger partial charge on any atom is -0.373 e. The molecule has 1 atom stereocenters. The van der Waals surface area contributed by atoms with Gasteiger partial charge in [-0.15, -0.1) is 0 Å².